The number of benzene rings is 1. The molecule has 1 N–H and O–H groups in total. The largest absolute Gasteiger partial charge is 0.379 e. The maximum Gasteiger partial charge on any atom is 0.265 e. The van der Waals surface area contributed by atoms with Gasteiger partial charge in [-0.25, -0.2) is 0 Å². The van der Waals surface area contributed by atoms with Crippen LogP contribution in [-0.2, 0) is 14.3 Å². The highest BCUT2D eigenvalue weighted by molar-refractivity contribution is 7.86. The van der Waals surface area contributed by atoms with Gasteiger partial charge in [0, 0.05) is 11.3 Å². The van der Waals surface area contributed by atoms with Crippen LogP contribution in [0.1, 0.15) is 22.8 Å². The summed E-state index contributed by atoms with van der Waals surface area (Å²) in [7, 11) is -3.72. The van der Waals surface area contributed by atoms with Gasteiger partial charge in [0.25, 0.3) is 10.1 Å². The number of nitrogens with one attached hydrogen (secondary N) is 1. The van der Waals surface area contributed by atoms with Gasteiger partial charge in [0.15, 0.2) is 11.9 Å². The molecule has 2 atom stereocenters. The molecule has 0 fully saturated rings. The van der Waals surface area contributed by atoms with Gasteiger partial charge >= 0.3 is 0 Å². The third-order valence-electron chi connectivity index (χ3n) is 2.79. The van der Waals surface area contributed by atoms with Crippen LogP contribution in [0.5, 0.6) is 0 Å². The minimum absolute atomic E-state index is 0.325. The topological polar surface area (TPSA) is 96.3 Å². The van der Waals surface area contributed by atoms with Gasteiger partial charge in [-0.1, -0.05) is 0 Å². The number of carbonyl (C=O) groups is 1. The van der Waals surface area contributed by atoms with Crippen LogP contribution in [0.4, 0.5) is 5.69 Å². The second kappa shape index (κ2) is 4.64. The van der Waals surface area contributed by atoms with Gasteiger partial charge < -0.3 is 5.32 Å². The van der Waals surface area contributed by atoms with Crippen molar-refractivity contribution in [2.24, 2.45) is 0 Å². The molecule has 0 spiro atoms. The molecule has 1 aromatic carbocycles. The van der Waals surface area contributed by atoms with Crippen LogP contribution in [0.25, 0.3) is 0 Å². The summed E-state index contributed by atoms with van der Waals surface area (Å²) < 4.78 is 27.1. The monoisotopic (exact) mass is 280 g/mol. The van der Waals surface area contributed by atoms with E-state index in [2.05, 4.69) is 5.32 Å². The molecule has 1 aliphatic heterocycles. The fraction of sp³-hybridized carbons (Fsp3) is 0.333. The Morgan fingerprint density at radius 3 is 2.68 bits per heavy atom. The summed E-state index contributed by atoms with van der Waals surface area (Å²) in [5.41, 5.74) is 1.27. The summed E-state index contributed by atoms with van der Waals surface area (Å²) in [6, 6.07) is 6.04. The second-order valence-corrected chi connectivity index (χ2v) is 5.99. The Hall–Kier alpha value is -1.91. The number of anilines is 1. The lowest BCUT2D eigenvalue weighted by atomic mass is 9.94. The predicted molar refractivity (Wildman–Crippen MR) is 68.3 cm³/mol. The van der Waals surface area contributed by atoms with Crippen molar-refractivity contribution in [2.45, 2.75) is 19.1 Å². The van der Waals surface area contributed by atoms with E-state index in [9.17, 15) is 13.2 Å². The minimum Gasteiger partial charge on any atom is -0.379 e. The third kappa shape index (κ3) is 2.75. The van der Waals surface area contributed by atoms with Gasteiger partial charge in [-0.05, 0) is 25.1 Å². The molecule has 0 aliphatic carbocycles. The van der Waals surface area contributed by atoms with E-state index in [0.717, 1.165) is 6.26 Å². The second-order valence-electron chi connectivity index (χ2n) is 4.39. The average molecular weight is 280 g/mol. The molecule has 19 heavy (non-hydrogen) atoms. The van der Waals surface area contributed by atoms with E-state index < -0.39 is 28.0 Å². The zero-order valence-corrected chi connectivity index (χ0v) is 11.2. The normalized spacial score (nSPS) is 22.3. The molecule has 2 rings (SSSR count). The highest BCUT2D eigenvalue weighted by atomic mass is 32.2. The Morgan fingerprint density at radius 1 is 1.42 bits per heavy atom. The van der Waals surface area contributed by atoms with Gasteiger partial charge in [-0.2, -0.15) is 13.7 Å². The molecule has 1 aromatic rings. The molecule has 0 saturated carbocycles. The molecular weight excluding hydrogens is 268 g/mol. The molecule has 0 aromatic heterocycles. The summed E-state index contributed by atoms with van der Waals surface area (Å²) in [5.74, 6) is -0.406. The number of carbonyl (C=O) groups excluding carboxylic acids is 1. The van der Waals surface area contributed by atoms with Crippen molar-refractivity contribution in [3.8, 4) is 6.07 Å². The number of nitrogens with zero attached hydrogens (tertiary/aromatic N) is 1. The Morgan fingerprint density at radius 2 is 2.11 bits per heavy atom. The number of fused-ring (bicyclic) bond motifs is 1. The number of rotatable bonds is 2. The average Bonchev–Trinajstić information content (AvgIpc) is 2.32. The summed E-state index contributed by atoms with van der Waals surface area (Å²) >= 11 is 0. The Balaban J connectivity index is 2.41. The van der Waals surface area contributed by atoms with Crippen LogP contribution in [-0.4, -0.2) is 32.6 Å². The minimum atomic E-state index is -3.72. The number of ketones is 1. The standard InChI is InChI=1S/C12H12N2O4S/c1-7-12(18-19(2,16)17)11(15)9-4-3-8(6-13)5-10(9)14-7/h3-5,7,12,14H,1-2H3. The van der Waals surface area contributed by atoms with Crippen LogP contribution in [0.3, 0.4) is 0 Å². The molecule has 6 nitrogen and oxygen atoms in total. The van der Waals surface area contributed by atoms with Gasteiger partial charge in [0.2, 0.25) is 0 Å². The molecule has 1 aliphatic rings. The van der Waals surface area contributed by atoms with Crippen molar-refractivity contribution in [3.05, 3.63) is 29.3 Å². The Kier molecular flexibility index (Phi) is 3.30. The summed E-state index contributed by atoms with van der Waals surface area (Å²) in [5, 5.41) is 11.8. The van der Waals surface area contributed by atoms with Crippen LogP contribution in [0.2, 0.25) is 0 Å². The number of Topliss-reactive ketones (excluding diaryl/α,β-unsaturated/α-hetero) is 1. The molecule has 2 unspecified atom stereocenters. The molecule has 7 heteroatoms. The summed E-state index contributed by atoms with van der Waals surface area (Å²) in [6.45, 7) is 1.65. The predicted octanol–water partition coefficient (Wildman–Crippen LogP) is 0.900. The van der Waals surface area contributed by atoms with E-state index in [1.165, 1.54) is 12.1 Å². The zero-order chi connectivity index (χ0) is 14.2. The molecule has 0 amide bonds. The van der Waals surface area contributed by atoms with Crippen molar-refractivity contribution < 1.29 is 17.4 Å². The van der Waals surface area contributed by atoms with Crippen molar-refractivity contribution in [1.82, 2.24) is 0 Å². The maximum absolute atomic E-state index is 12.2. The van der Waals surface area contributed by atoms with Crippen molar-refractivity contribution >= 4 is 21.6 Å². The first-order chi connectivity index (χ1) is 8.81. The number of hydrogen-bond donors (Lipinski definition) is 1. The summed E-state index contributed by atoms with van der Waals surface area (Å²) in [4.78, 5) is 12.2. The molecule has 0 radical (unpaired) electrons. The van der Waals surface area contributed by atoms with E-state index in [1.54, 1.807) is 13.0 Å². The molecule has 100 valence electrons. The third-order valence-corrected chi connectivity index (χ3v) is 3.35. The first kappa shape index (κ1) is 13.5. The van der Waals surface area contributed by atoms with Gasteiger partial charge in [-0.15, -0.1) is 0 Å². The summed E-state index contributed by atoms with van der Waals surface area (Å²) in [6.07, 6.45) is -0.183. The fourth-order valence-corrected chi connectivity index (χ4v) is 2.60. The zero-order valence-electron chi connectivity index (χ0n) is 10.4. The van der Waals surface area contributed by atoms with E-state index >= 15 is 0 Å². The highest BCUT2D eigenvalue weighted by Gasteiger charge is 2.36. The smallest absolute Gasteiger partial charge is 0.265 e. The van der Waals surface area contributed by atoms with Gasteiger partial charge in [-0.3, -0.25) is 8.98 Å². The Labute approximate surface area is 111 Å². The number of hydrogen-bond acceptors (Lipinski definition) is 6. The molecule has 0 saturated heterocycles. The lowest BCUT2D eigenvalue weighted by molar-refractivity contribution is 0.0771. The quantitative estimate of drug-likeness (QED) is 0.808. The van der Waals surface area contributed by atoms with Crippen LogP contribution in [0, 0.1) is 11.3 Å². The van der Waals surface area contributed by atoms with Crippen molar-refractivity contribution in [3.63, 3.8) is 0 Å². The molecule has 0 bridgehead atoms. The van der Waals surface area contributed by atoms with E-state index in [4.69, 9.17) is 9.44 Å². The van der Waals surface area contributed by atoms with Crippen molar-refractivity contribution in [2.75, 3.05) is 11.6 Å². The van der Waals surface area contributed by atoms with Crippen molar-refractivity contribution in [1.29, 1.82) is 5.26 Å². The van der Waals surface area contributed by atoms with Gasteiger partial charge in [0.1, 0.15) is 0 Å². The van der Waals surface area contributed by atoms with E-state index in [-0.39, 0.29) is 0 Å². The fourth-order valence-electron chi connectivity index (χ4n) is 1.96. The van der Waals surface area contributed by atoms with E-state index in [0.29, 0.717) is 16.8 Å². The van der Waals surface area contributed by atoms with E-state index in [1.807, 2.05) is 6.07 Å². The molecule has 1 heterocycles. The molecular formula is C12H12N2O4S. The first-order valence-electron chi connectivity index (χ1n) is 5.55. The highest BCUT2D eigenvalue weighted by Crippen LogP contribution is 2.28. The first-order valence-corrected chi connectivity index (χ1v) is 7.36. The maximum atomic E-state index is 12.2. The lowest BCUT2D eigenvalue weighted by Crippen LogP contribution is -2.44. The van der Waals surface area contributed by atoms with Crippen LogP contribution >= 0.6 is 0 Å². The SMILES string of the molecule is CC1Nc2cc(C#N)ccc2C(=O)C1OS(C)(=O)=O. The van der Waals surface area contributed by atoms with Gasteiger partial charge in [0.05, 0.1) is 23.9 Å². The Bertz CT molecular complexity index is 675. The lowest BCUT2D eigenvalue weighted by Gasteiger charge is -2.30. The van der Waals surface area contributed by atoms with Crippen LogP contribution in [0.15, 0.2) is 18.2 Å². The number of nitriles is 1. The van der Waals surface area contributed by atoms with Crippen LogP contribution < -0.4 is 5.32 Å².